The van der Waals surface area contributed by atoms with Crippen LogP contribution < -0.4 is 4.74 Å². The van der Waals surface area contributed by atoms with E-state index in [-0.39, 0.29) is 0 Å². The molecule has 0 radical (unpaired) electrons. The van der Waals surface area contributed by atoms with Gasteiger partial charge in [0.25, 0.3) is 0 Å². The minimum atomic E-state index is -0.937. The van der Waals surface area contributed by atoms with Crippen LogP contribution in [0.2, 0.25) is 0 Å². The maximum Gasteiger partial charge on any atom is 0.338 e. The zero-order valence-corrected chi connectivity index (χ0v) is 11.8. The molecule has 3 aromatic rings. The number of aromatic nitrogens is 1. The Labute approximate surface area is 122 Å². The van der Waals surface area contributed by atoms with Gasteiger partial charge in [-0.3, -0.25) is 0 Å². The van der Waals surface area contributed by atoms with Crippen LogP contribution >= 0.6 is 0 Å². The molecule has 2 aromatic carbocycles. The van der Waals surface area contributed by atoms with Crippen LogP contribution in [0, 0.1) is 0 Å². The second-order valence-electron chi connectivity index (χ2n) is 4.81. The summed E-state index contributed by atoms with van der Waals surface area (Å²) in [5.41, 5.74) is 2.62. The van der Waals surface area contributed by atoms with Gasteiger partial charge in [0.15, 0.2) is 0 Å². The molecular weight excluding hydrogens is 266 g/mol. The van der Waals surface area contributed by atoms with Crippen molar-refractivity contribution < 1.29 is 14.6 Å². The lowest BCUT2D eigenvalue weighted by Crippen LogP contribution is -2.01. The SMILES string of the molecule is COc1ccccc1-c1c(C(=O)O)c2ccccc2n1C. The Balaban J connectivity index is 2.44. The molecule has 1 N–H and O–H groups in total. The Kier molecular flexibility index (Phi) is 3.14. The lowest BCUT2D eigenvalue weighted by atomic mass is 10.0. The fourth-order valence-electron chi connectivity index (χ4n) is 2.77. The Morgan fingerprint density at radius 3 is 2.48 bits per heavy atom. The number of hydrogen-bond acceptors (Lipinski definition) is 2. The summed E-state index contributed by atoms with van der Waals surface area (Å²) in [4.78, 5) is 11.8. The Bertz CT molecular complexity index is 833. The normalized spacial score (nSPS) is 10.8. The molecule has 0 saturated heterocycles. The monoisotopic (exact) mass is 281 g/mol. The van der Waals surface area contributed by atoms with E-state index in [1.165, 1.54) is 0 Å². The molecule has 0 atom stereocenters. The van der Waals surface area contributed by atoms with Crippen molar-refractivity contribution in [2.75, 3.05) is 7.11 Å². The minimum absolute atomic E-state index is 0.303. The molecule has 0 bridgehead atoms. The topological polar surface area (TPSA) is 51.5 Å². The van der Waals surface area contributed by atoms with E-state index in [0.29, 0.717) is 17.0 Å². The summed E-state index contributed by atoms with van der Waals surface area (Å²) in [6.45, 7) is 0. The molecule has 0 amide bonds. The molecular formula is C17H15NO3. The zero-order valence-electron chi connectivity index (χ0n) is 11.8. The number of carboxylic acids is 1. The molecule has 0 aliphatic rings. The third-order valence-electron chi connectivity index (χ3n) is 3.68. The maximum atomic E-state index is 11.8. The molecule has 0 aliphatic heterocycles. The molecule has 1 aromatic heterocycles. The molecule has 0 unspecified atom stereocenters. The van der Waals surface area contributed by atoms with Crippen LogP contribution in [0.5, 0.6) is 5.75 Å². The number of ether oxygens (including phenoxy) is 1. The number of benzene rings is 2. The van der Waals surface area contributed by atoms with E-state index in [2.05, 4.69) is 0 Å². The highest BCUT2D eigenvalue weighted by Crippen LogP contribution is 2.37. The van der Waals surface area contributed by atoms with Crippen LogP contribution in [0.4, 0.5) is 0 Å². The van der Waals surface area contributed by atoms with Gasteiger partial charge in [-0.2, -0.15) is 0 Å². The van der Waals surface area contributed by atoms with E-state index in [4.69, 9.17) is 4.74 Å². The fraction of sp³-hybridized carbons (Fsp3) is 0.118. The summed E-state index contributed by atoms with van der Waals surface area (Å²) in [5.74, 6) is -0.279. The first-order valence-electron chi connectivity index (χ1n) is 6.59. The Morgan fingerprint density at radius 1 is 1.10 bits per heavy atom. The van der Waals surface area contributed by atoms with E-state index in [1.54, 1.807) is 7.11 Å². The van der Waals surface area contributed by atoms with Crippen LogP contribution in [0.3, 0.4) is 0 Å². The van der Waals surface area contributed by atoms with Gasteiger partial charge in [-0.1, -0.05) is 30.3 Å². The number of para-hydroxylation sites is 2. The number of methoxy groups -OCH3 is 1. The van der Waals surface area contributed by atoms with Crippen LogP contribution in [0.25, 0.3) is 22.2 Å². The van der Waals surface area contributed by atoms with Crippen LogP contribution in [-0.2, 0) is 7.05 Å². The summed E-state index contributed by atoms with van der Waals surface area (Å²) in [6, 6.07) is 14.9. The molecule has 0 fully saturated rings. The van der Waals surface area contributed by atoms with Gasteiger partial charge in [-0.15, -0.1) is 0 Å². The molecule has 106 valence electrons. The summed E-state index contributed by atoms with van der Waals surface area (Å²) in [6.07, 6.45) is 0. The van der Waals surface area contributed by atoms with E-state index in [0.717, 1.165) is 16.5 Å². The van der Waals surface area contributed by atoms with Crippen LogP contribution in [0.15, 0.2) is 48.5 Å². The zero-order chi connectivity index (χ0) is 15.0. The molecule has 3 rings (SSSR count). The first-order valence-corrected chi connectivity index (χ1v) is 6.59. The third-order valence-corrected chi connectivity index (χ3v) is 3.68. The second-order valence-corrected chi connectivity index (χ2v) is 4.81. The van der Waals surface area contributed by atoms with Crippen molar-refractivity contribution in [3.8, 4) is 17.0 Å². The summed E-state index contributed by atoms with van der Waals surface area (Å²) in [7, 11) is 3.46. The van der Waals surface area contributed by atoms with E-state index < -0.39 is 5.97 Å². The largest absolute Gasteiger partial charge is 0.496 e. The predicted octanol–water partition coefficient (Wildman–Crippen LogP) is 3.55. The smallest absolute Gasteiger partial charge is 0.338 e. The predicted molar refractivity (Wildman–Crippen MR) is 81.9 cm³/mol. The Morgan fingerprint density at radius 2 is 1.76 bits per heavy atom. The van der Waals surface area contributed by atoms with Gasteiger partial charge in [-0.25, -0.2) is 4.79 Å². The molecule has 4 nitrogen and oxygen atoms in total. The summed E-state index contributed by atoms with van der Waals surface area (Å²) >= 11 is 0. The number of aryl methyl sites for hydroxylation is 1. The molecule has 21 heavy (non-hydrogen) atoms. The van der Waals surface area contributed by atoms with Crippen LogP contribution in [0.1, 0.15) is 10.4 Å². The van der Waals surface area contributed by atoms with E-state index >= 15 is 0 Å². The first kappa shape index (κ1) is 13.2. The number of carbonyl (C=O) groups is 1. The quantitative estimate of drug-likeness (QED) is 0.798. The number of hydrogen-bond donors (Lipinski definition) is 1. The number of carboxylic acid groups (broad SMARTS) is 1. The average molecular weight is 281 g/mol. The number of fused-ring (bicyclic) bond motifs is 1. The molecule has 0 saturated carbocycles. The second kappa shape index (κ2) is 4.98. The van der Waals surface area contributed by atoms with Gasteiger partial charge < -0.3 is 14.4 Å². The van der Waals surface area contributed by atoms with Crippen molar-refractivity contribution in [2.24, 2.45) is 7.05 Å². The van der Waals surface area contributed by atoms with Crippen LogP contribution in [-0.4, -0.2) is 22.8 Å². The van der Waals surface area contributed by atoms with Crippen molar-refractivity contribution in [1.29, 1.82) is 0 Å². The van der Waals surface area contributed by atoms with Crippen molar-refractivity contribution in [3.05, 3.63) is 54.1 Å². The fourth-order valence-corrected chi connectivity index (χ4v) is 2.77. The van der Waals surface area contributed by atoms with E-state index in [1.807, 2.05) is 60.1 Å². The van der Waals surface area contributed by atoms with Gasteiger partial charge in [0, 0.05) is 23.5 Å². The standard InChI is InChI=1S/C17H15NO3/c1-18-13-9-5-3-7-11(13)15(17(19)20)16(18)12-8-4-6-10-14(12)21-2/h3-10H,1-2H3,(H,19,20). The summed E-state index contributed by atoms with van der Waals surface area (Å²) < 4.78 is 7.28. The van der Waals surface area contributed by atoms with Crippen molar-refractivity contribution in [2.45, 2.75) is 0 Å². The molecule has 4 heteroatoms. The van der Waals surface area contributed by atoms with Crippen molar-refractivity contribution >= 4 is 16.9 Å². The van der Waals surface area contributed by atoms with Gasteiger partial charge in [0.05, 0.1) is 18.4 Å². The van der Waals surface area contributed by atoms with Crippen molar-refractivity contribution in [1.82, 2.24) is 4.57 Å². The first-order chi connectivity index (χ1) is 10.1. The van der Waals surface area contributed by atoms with Gasteiger partial charge in [-0.05, 0) is 18.2 Å². The van der Waals surface area contributed by atoms with Gasteiger partial charge in [0.2, 0.25) is 0 Å². The number of rotatable bonds is 3. The Hall–Kier alpha value is -2.75. The maximum absolute atomic E-state index is 11.8. The summed E-state index contributed by atoms with van der Waals surface area (Å²) in [5, 5.41) is 10.4. The van der Waals surface area contributed by atoms with Crippen molar-refractivity contribution in [3.63, 3.8) is 0 Å². The number of aromatic carboxylic acids is 1. The molecule has 1 heterocycles. The lowest BCUT2D eigenvalue weighted by Gasteiger charge is -2.10. The molecule has 0 aliphatic carbocycles. The highest BCUT2D eigenvalue weighted by atomic mass is 16.5. The minimum Gasteiger partial charge on any atom is -0.496 e. The van der Waals surface area contributed by atoms with Gasteiger partial charge in [0.1, 0.15) is 5.75 Å². The molecule has 0 spiro atoms. The highest BCUT2D eigenvalue weighted by Gasteiger charge is 2.23. The third kappa shape index (κ3) is 1.96. The van der Waals surface area contributed by atoms with E-state index in [9.17, 15) is 9.90 Å². The van der Waals surface area contributed by atoms with Gasteiger partial charge >= 0.3 is 5.97 Å². The number of nitrogens with zero attached hydrogens (tertiary/aromatic N) is 1. The average Bonchev–Trinajstić information content (AvgIpc) is 2.81. The lowest BCUT2D eigenvalue weighted by molar-refractivity contribution is 0.0699. The highest BCUT2D eigenvalue weighted by molar-refractivity contribution is 6.10.